The maximum Gasteiger partial charge on any atom is 0.226 e. The fraction of sp³-hybridized carbons (Fsp3) is 0.227. The van der Waals surface area contributed by atoms with Crippen LogP contribution >= 0.6 is 11.3 Å². The van der Waals surface area contributed by atoms with Gasteiger partial charge in [0.1, 0.15) is 0 Å². The molecule has 0 aliphatic rings. The van der Waals surface area contributed by atoms with Crippen LogP contribution in [0.15, 0.2) is 60.7 Å². The van der Waals surface area contributed by atoms with Crippen molar-refractivity contribution in [2.45, 2.75) is 32.6 Å². The molecule has 2 aromatic carbocycles. The number of benzene rings is 2. The highest BCUT2D eigenvalue weighted by Crippen LogP contribution is 2.32. The van der Waals surface area contributed by atoms with E-state index in [0.29, 0.717) is 10.7 Å². The molecule has 1 N–H and O–H groups in total. The van der Waals surface area contributed by atoms with Gasteiger partial charge in [0.15, 0.2) is 10.9 Å². The van der Waals surface area contributed by atoms with Crippen molar-refractivity contribution in [3.05, 3.63) is 71.1 Å². The van der Waals surface area contributed by atoms with E-state index >= 15 is 0 Å². The number of aryl methyl sites for hydroxylation is 1. The molecule has 0 spiro atoms. The molecule has 0 aliphatic heterocycles. The molecule has 0 radical (unpaired) electrons. The Bertz CT molecular complexity index is 905. The first kappa shape index (κ1) is 19.0. The minimum absolute atomic E-state index is 0.0264. The smallest absolute Gasteiger partial charge is 0.226 e. The van der Waals surface area contributed by atoms with Crippen LogP contribution in [0.4, 0.5) is 5.13 Å². The molecule has 1 aromatic heterocycles. The van der Waals surface area contributed by atoms with Gasteiger partial charge < -0.3 is 5.32 Å². The normalized spacial score (nSPS) is 10.6. The van der Waals surface area contributed by atoms with Gasteiger partial charge in [-0.2, -0.15) is 0 Å². The van der Waals surface area contributed by atoms with Gasteiger partial charge >= 0.3 is 0 Å². The SMILES string of the molecule is CCCc1sc(NC(=O)CCC(=O)c2ccccc2)nc1-c1ccccc1. The van der Waals surface area contributed by atoms with E-state index in [2.05, 4.69) is 17.2 Å². The number of Topliss-reactive ketones (excluding diaryl/α,β-unsaturated/α-hetero) is 1. The monoisotopic (exact) mass is 378 g/mol. The molecule has 1 amide bonds. The standard InChI is InChI=1S/C22H22N2O2S/c1-2-9-19-21(17-12-7-4-8-13-17)24-22(27-19)23-20(26)15-14-18(25)16-10-5-3-6-11-16/h3-8,10-13H,2,9,14-15H2,1H3,(H,23,24,26). The lowest BCUT2D eigenvalue weighted by atomic mass is 10.1. The Morgan fingerprint density at radius 3 is 2.30 bits per heavy atom. The van der Waals surface area contributed by atoms with Crippen LogP contribution in [0.1, 0.15) is 41.4 Å². The summed E-state index contributed by atoms with van der Waals surface area (Å²) in [7, 11) is 0. The van der Waals surface area contributed by atoms with E-state index in [4.69, 9.17) is 0 Å². The zero-order chi connectivity index (χ0) is 19.1. The van der Waals surface area contributed by atoms with E-state index in [1.807, 2.05) is 48.5 Å². The summed E-state index contributed by atoms with van der Waals surface area (Å²) < 4.78 is 0. The molecule has 138 valence electrons. The minimum atomic E-state index is -0.185. The van der Waals surface area contributed by atoms with Gasteiger partial charge in [0, 0.05) is 28.8 Å². The second kappa shape index (κ2) is 9.24. The molecule has 0 unspecified atom stereocenters. The van der Waals surface area contributed by atoms with Gasteiger partial charge in [0.25, 0.3) is 0 Å². The molecule has 0 saturated carbocycles. The second-order valence-corrected chi connectivity index (χ2v) is 7.33. The Balaban J connectivity index is 1.65. The van der Waals surface area contributed by atoms with Crippen LogP contribution in [0.3, 0.4) is 0 Å². The third-order valence-electron chi connectivity index (χ3n) is 4.14. The summed E-state index contributed by atoms with van der Waals surface area (Å²) >= 11 is 1.51. The molecule has 3 rings (SSSR count). The average molecular weight is 378 g/mol. The van der Waals surface area contributed by atoms with Crippen molar-refractivity contribution in [2.75, 3.05) is 5.32 Å². The second-order valence-electron chi connectivity index (χ2n) is 6.24. The number of nitrogens with one attached hydrogen (secondary N) is 1. The average Bonchev–Trinajstić information content (AvgIpc) is 3.10. The lowest BCUT2D eigenvalue weighted by Gasteiger charge is -2.02. The molecule has 5 heteroatoms. The Kier molecular flexibility index (Phi) is 6.49. The Morgan fingerprint density at radius 1 is 0.963 bits per heavy atom. The third-order valence-corrected chi connectivity index (χ3v) is 5.17. The van der Waals surface area contributed by atoms with Gasteiger partial charge in [-0.1, -0.05) is 74.0 Å². The third kappa shape index (κ3) is 5.11. The Hall–Kier alpha value is -2.79. The quantitative estimate of drug-likeness (QED) is 0.537. The van der Waals surface area contributed by atoms with E-state index in [0.717, 1.165) is 24.1 Å². The van der Waals surface area contributed by atoms with Gasteiger partial charge in [-0.25, -0.2) is 4.98 Å². The van der Waals surface area contributed by atoms with E-state index < -0.39 is 0 Å². The Labute approximate surface area is 163 Å². The number of thiazole rings is 1. The van der Waals surface area contributed by atoms with Crippen LogP contribution in [0.25, 0.3) is 11.3 Å². The number of aromatic nitrogens is 1. The van der Waals surface area contributed by atoms with E-state index in [1.165, 1.54) is 16.2 Å². The molecule has 1 heterocycles. The van der Waals surface area contributed by atoms with Gasteiger partial charge in [0.2, 0.25) is 5.91 Å². The van der Waals surface area contributed by atoms with Crippen LogP contribution < -0.4 is 5.32 Å². The minimum Gasteiger partial charge on any atom is -0.302 e. The molecule has 0 saturated heterocycles. The molecule has 27 heavy (non-hydrogen) atoms. The van der Waals surface area contributed by atoms with Gasteiger partial charge in [0.05, 0.1) is 5.69 Å². The molecule has 0 bridgehead atoms. The molecule has 0 aliphatic carbocycles. The van der Waals surface area contributed by atoms with Crippen LogP contribution in [-0.2, 0) is 11.2 Å². The molecule has 0 fully saturated rings. The summed E-state index contributed by atoms with van der Waals surface area (Å²) in [6, 6.07) is 19.0. The highest BCUT2D eigenvalue weighted by molar-refractivity contribution is 7.16. The summed E-state index contributed by atoms with van der Waals surface area (Å²) in [5.41, 5.74) is 2.62. The van der Waals surface area contributed by atoms with E-state index in [1.54, 1.807) is 12.1 Å². The van der Waals surface area contributed by atoms with Crippen molar-refractivity contribution in [3.63, 3.8) is 0 Å². The first-order valence-electron chi connectivity index (χ1n) is 9.10. The number of amides is 1. The van der Waals surface area contributed by atoms with Crippen LogP contribution in [-0.4, -0.2) is 16.7 Å². The molecular weight excluding hydrogens is 356 g/mol. The van der Waals surface area contributed by atoms with Gasteiger partial charge in [-0.3, -0.25) is 9.59 Å². The van der Waals surface area contributed by atoms with Crippen molar-refractivity contribution in [2.24, 2.45) is 0 Å². The predicted molar refractivity (Wildman–Crippen MR) is 110 cm³/mol. The summed E-state index contributed by atoms with van der Waals surface area (Å²) in [5.74, 6) is -0.211. The largest absolute Gasteiger partial charge is 0.302 e. The molecule has 4 nitrogen and oxygen atoms in total. The highest BCUT2D eigenvalue weighted by atomic mass is 32.1. The summed E-state index contributed by atoms with van der Waals surface area (Å²) in [6.07, 6.45) is 2.27. The highest BCUT2D eigenvalue weighted by Gasteiger charge is 2.15. The molecule has 3 aromatic rings. The predicted octanol–water partition coefficient (Wildman–Crippen LogP) is 5.36. The maximum absolute atomic E-state index is 12.3. The number of hydrogen-bond acceptors (Lipinski definition) is 4. The van der Waals surface area contributed by atoms with Crippen molar-refractivity contribution >= 4 is 28.2 Å². The van der Waals surface area contributed by atoms with Crippen LogP contribution in [0.5, 0.6) is 0 Å². The summed E-state index contributed by atoms with van der Waals surface area (Å²) in [4.78, 5) is 30.2. The topological polar surface area (TPSA) is 59.1 Å². The van der Waals surface area contributed by atoms with E-state index in [-0.39, 0.29) is 24.5 Å². The zero-order valence-corrected chi connectivity index (χ0v) is 16.1. The van der Waals surface area contributed by atoms with Crippen LogP contribution in [0.2, 0.25) is 0 Å². The van der Waals surface area contributed by atoms with Crippen molar-refractivity contribution < 1.29 is 9.59 Å². The first-order chi connectivity index (χ1) is 13.2. The lowest BCUT2D eigenvalue weighted by molar-refractivity contribution is -0.116. The number of carbonyl (C=O) groups excluding carboxylic acids is 2. The van der Waals surface area contributed by atoms with Crippen molar-refractivity contribution in [1.29, 1.82) is 0 Å². The summed E-state index contributed by atoms with van der Waals surface area (Å²) in [6.45, 7) is 2.13. The Morgan fingerprint density at radius 2 is 1.63 bits per heavy atom. The maximum atomic E-state index is 12.3. The van der Waals surface area contributed by atoms with Crippen LogP contribution in [0, 0.1) is 0 Å². The van der Waals surface area contributed by atoms with Crippen molar-refractivity contribution in [1.82, 2.24) is 4.98 Å². The number of anilines is 1. The number of ketones is 1. The first-order valence-corrected chi connectivity index (χ1v) is 9.92. The molecule has 0 atom stereocenters. The number of carbonyl (C=O) groups is 2. The number of rotatable bonds is 8. The fourth-order valence-electron chi connectivity index (χ4n) is 2.80. The van der Waals surface area contributed by atoms with Gasteiger partial charge in [-0.05, 0) is 6.42 Å². The molecular formula is C22H22N2O2S. The zero-order valence-electron chi connectivity index (χ0n) is 15.3. The fourth-order valence-corrected chi connectivity index (χ4v) is 3.90. The van der Waals surface area contributed by atoms with Crippen molar-refractivity contribution in [3.8, 4) is 11.3 Å². The number of hydrogen-bond donors (Lipinski definition) is 1. The van der Waals surface area contributed by atoms with Gasteiger partial charge in [-0.15, -0.1) is 11.3 Å². The summed E-state index contributed by atoms with van der Waals surface area (Å²) in [5, 5.41) is 3.45. The number of nitrogens with zero attached hydrogens (tertiary/aromatic N) is 1. The van der Waals surface area contributed by atoms with E-state index in [9.17, 15) is 9.59 Å². The lowest BCUT2D eigenvalue weighted by Crippen LogP contribution is -2.13.